The van der Waals surface area contributed by atoms with Crippen molar-refractivity contribution in [1.29, 1.82) is 0 Å². The molecule has 1 aromatic carbocycles. The van der Waals surface area contributed by atoms with E-state index in [0.717, 1.165) is 11.7 Å². The average molecular weight is 236 g/mol. The molecule has 0 radical (unpaired) electrons. The van der Waals surface area contributed by atoms with Crippen molar-refractivity contribution in [1.82, 2.24) is 0 Å². The Morgan fingerprint density at radius 2 is 1.88 bits per heavy atom. The first-order chi connectivity index (χ1) is 7.83. The van der Waals surface area contributed by atoms with E-state index in [1.807, 2.05) is 6.07 Å². The summed E-state index contributed by atoms with van der Waals surface area (Å²) in [7, 11) is 4.78. The lowest BCUT2D eigenvalue weighted by Crippen LogP contribution is -2.12. The Bertz CT molecular complexity index is 331. The molecule has 0 spiro atoms. The number of ether oxygens (including phenoxy) is 1. The Balaban J connectivity index is 2.15. The van der Waals surface area contributed by atoms with Gasteiger partial charge in [-0.2, -0.15) is 0 Å². The second kappa shape index (κ2) is 5.68. The highest BCUT2D eigenvalue weighted by atomic mass is 31.0. The van der Waals surface area contributed by atoms with Gasteiger partial charge in [-0.25, -0.2) is 0 Å². The van der Waals surface area contributed by atoms with Gasteiger partial charge in [-0.3, -0.25) is 0 Å². The molecule has 2 unspecified atom stereocenters. The van der Waals surface area contributed by atoms with Crippen molar-refractivity contribution in [2.24, 2.45) is 5.92 Å². The van der Waals surface area contributed by atoms with Crippen LogP contribution in [-0.4, -0.2) is 7.11 Å². The lowest BCUT2D eigenvalue weighted by molar-refractivity contribution is 0.343. The minimum Gasteiger partial charge on any atom is -0.496 e. The van der Waals surface area contributed by atoms with Crippen molar-refractivity contribution in [3.8, 4) is 5.75 Å². The lowest BCUT2D eigenvalue weighted by atomic mass is 9.84. The van der Waals surface area contributed by atoms with E-state index in [0.29, 0.717) is 5.66 Å². The maximum absolute atomic E-state index is 5.44. The van der Waals surface area contributed by atoms with Crippen molar-refractivity contribution >= 4 is 9.24 Å². The molecule has 0 N–H and O–H groups in total. The van der Waals surface area contributed by atoms with E-state index in [-0.39, 0.29) is 0 Å². The van der Waals surface area contributed by atoms with Crippen molar-refractivity contribution < 1.29 is 4.74 Å². The van der Waals surface area contributed by atoms with Gasteiger partial charge in [-0.1, -0.05) is 37.5 Å². The van der Waals surface area contributed by atoms with Crippen LogP contribution in [0.15, 0.2) is 24.3 Å². The van der Waals surface area contributed by atoms with E-state index in [1.165, 1.54) is 37.7 Å². The number of hydrogen-bond acceptors (Lipinski definition) is 1. The summed E-state index contributed by atoms with van der Waals surface area (Å²) in [6.07, 6.45) is 6.94. The average Bonchev–Trinajstić information content (AvgIpc) is 2.39. The molecule has 0 saturated heterocycles. The summed E-state index contributed by atoms with van der Waals surface area (Å²) in [5.74, 6) is 1.85. The largest absolute Gasteiger partial charge is 0.496 e. The predicted molar refractivity (Wildman–Crippen MR) is 72.0 cm³/mol. The molecule has 0 amide bonds. The molecule has 1 saturated carbocycles. The predicted octanol–water partition coefficient (Wildman–Crippen LogP) is 4.19. The van der Waals surface area contributed by atoms with E-state index in [4.69, 9.17) is 4.74 Å². The van der Waals surface area contributed by atoms with Crippen LogP contribution in [0.2, 0.25) is 0 Å². The van der Waals surface area contributed by atoms with Gasteiger partial charge in [0.05, 0.1) is 7.11 Å². The van der Waals surface area contributed by atoms with Crippen LogP contribution in [0, 0.1) is 5.92 Å². The molecular weight excluding hydrogens is 215 g/mol. The van der Waals surface area contributed by atoms with Gasteiger partial charge in [0.1, 0.15) is 5.75 Å². The maximum Gasteiger partial charge on any atom is 0.122 e. The van der Waals surface area contributed by atoms with Crippen LogP contribution in [0.1, 0.15) is 43.3 Å². The third kappa shape index (κ3) is 2.58. The van der Waals surface area contributed by atoms with E-state index in [9.17, 15) is 0 Å². The van der Waals surface area contributed by atoms with Gasteiger partial charge in [0, 0.05) is 11.2 Å². The lowest BCUT2D eigenvalue weighted by Gasteiger charge is -2.28. The summed E-state index contributed by atoms with van der Waals surface area (Å²) < 4.78 is 5.44. The summed E-state index contributed by atoms with van der Waals surface area (Å²) in [5.41, 5.74) is 1.90. The standard InChI is InChI=1S/C14H21OP/c1-15-13-10-6-5-9-12(13)14(16)11-7-3-2-4-8-11/h5-6,9-11,14H,2-4,7-8,16H2,1H3. The molecule has 0 aliphatic heterocycles. The second-order valence-corrected chi connectivity index (χ2v) is 5.38. The molecule has 16 heavy (non-hydrogen) atoms. The van der Waals surface area contributed by atoms with Crippen LogP contribution in [-0.2, 0) is 0 Å². The number of benzene rings is 1. The Morgan fingerprint density at radius 1 is 1.19 bits per heavy atom. The highest BCUT2D eigenvalue weighted by Gasteiger charge is 2.23. The molecule has 1 aromatic rings. The van der Waals surface area contributed by atoms with Gasteiger partial charge < -0.3 is 4.74 Å². The van der Waals surface area contributed by atoms with Crippen LogP contribution in [0.3, 0.4) is 0 Å². The van der Waals surface area contributed by atoms with Crippen LogP contribution in [0.25, 0.3) is 0 Å². The van der Waals surface area contributed by atoms with Crippen LogP contribution in [0.5, 0.6) is 5.75 Å². The fourth-order valence-corrected chi connectivity index (χ4v) is 3.35. The summed E-state index contributed by atoms with van der Waals surface area (Å²) in [6.45, 7) is 0. The SMILES string of the molecule is COc1ccccc1C(P)C1CCCCC1. The topological polar surface area (TPSA) is 9.23 Å². The molecule has 0 bridgehead atoms. The first-order valence-corrected chi connectivity index (χ1v) is 6.88. The molecule has 88 valence electrons. The zero-order valence-electron chi connectivity index (χ0n) is 9.99. The fourth-order valence-electron chi connectivity index (χ4n) is 2.69. The molecule has 0 heterocycles. The van der Waals surface area contributed by atoms with Crippen LogP contribution in [0.4, 0.5) is 0 Å². The Labute approximate surface area is 101 Å². The van der Waals surface area contributed by atoms with Crippen LogP contribution >= 0.6 is 9.24 Å². The Hall–Kier alpha value is -0.550. The van der Waals surface area contributed by atoms with Crippen LogP contribution < -0.4 is 4.74 Å². The first kappa shape index (κ1) is 11.9. The quantitative estimate of drug-likeness (QED) is 0.715. The Kier molecular flexibility index (Phi) is 4.23. The van der Waals surface area contributed by atoms with Gasteiger partial charge in [0.25, 0.3) is 0 Å². The highest BCUT2D eigenvalue weighted by molar-refractivity contribution is 7.17. The van der Waals surface area contributed by atoms with E-state index >= 15 is 0 Å². The number of para-hydroxylation sites is 1. The minimum atomic E-state index is 0.552. The molecule has 2 rings (SSSR count). The zero-order valence-corrected chi connectivity index (χ0v) is 11.1. The first-order valence-electron chi connectivity index (χ1n) is 6.21. The molecule has 1 nitrogen and oxygen atoms in total. The third-order valence-corrected chi connectivity index (χ3v) is 4.56. The normalized spacial score (nSPS) is 19.4. The number of methoxy groups -OCH3 is 1. The molecule has 2 heteroatoms. The number of rotatable bonds is 3. The summed E-state index contributed by atoms with van der Waals surface area (Å²) in [6, 6.07) is 8.42. The van der Waals surface area contributed by atoms with Crippen molar-refractivity contribution in [3.63, 3.8) is 0 Å². The number of hydrogen-bond donors (Lipinski definition) is 0. The maximum atomic E-state index is 5.44. The second-order valence-electron chi connectivity index (χ2n) is 4.67. The van der Waals surface area contributed by atoms with Gasteiger partial charge in [-0.05, 0) is 24.8 Å². The summed E-state index contributed by atoms with van der Waals surface area (Å²) >= 11 is 0. The van der Waals surface area contributed by atoms with Crippen molar-refractivity contribution in [2.45, 2.75) is 37.8 Å². The minimum absolute atomic E-state index is 0.552. The van der Waals surface area contributed by atoms with E-state index in [1.54, 1.807) is 7.11 Å². The Morgan fingerprint density at radius 3 is 2.56 bits per heavy atom. The van der Waals surface area contributed by atoms with Gasteiger partial charge in [-0.15, -0.1) is 9.24 Å². The van der Waals surface area contributed by atoms with Gasteiger partial charge >= 0.3 is 0 Å². The summed E-state index contributed by atoms with van der Waals surface area (Å²) in [4.78, 5) is 0. The summed E-state index contributed by atoms with van der Waals surface area (Å²) in [5, 5.41) is 0. The van der Waals surface area contributed by atoms with E-state index < -0.39 is 0 Å². The van der Waals surface area contributed by atoms with Gasteiger partial charge in [0.15, 0.2) is 0 Å². The molecule has 2 atom stereocenters. The molecule has 0 aromatic heterocycles. The fraction of sp³-hybridized carbons (Fsp3) is 0.571. The molecular formula is C14H21OP. The third-order valence-electron chi connectivity index (χ3n) is 3.66. The molecule has 1 aliphatic rings. The van der Waals surface area contributed by atoms with E-state index in [2.05, 4.69) is 27.4 Å². The van der Waals surface area contributed by atoms with Gasteiger partial charge in [0.2, 0.25) is 0 Å². The highest BCUT2D eigenvalue weighted by Crippen LogP contribution is 2.43. The molecule has 1 fully saturated rings. The van der Waals surface area contributed by atoms with Crippen molar-refractivity contribution in [3.05, 3.63) is 29.8 Å². The monoisotopic (exact) mass is 236 g/mol. The molecule has 1 aliphatic carbocycles. The zero-order chi connectivity index (χ0) is 11.4. The van der Waals surface area contributed by atoms with Crippen molar-refractivity contribution in [2.75, 3.05) is 7.11 Å². The smallest absolute Gasteiger partial charge is 0.122 e.